The van der Waals surface area contributed by atoms with E-state index in [1.54, 1.807) is 0 Å². The molecule has 0 aromatic heterocycles. The second kappa shape index (κ2) is 7.56. The topological polar surface area (TPSA) is 30.5 Å². The van der Waals surface area contributed by atoms with E-state index in [4.69, 9.17) is 21.1 Å². The van der Waals surface area contributed by atoms with Crippen LogP contribution in [-0.2, 0) is 6.61 Å². The molecule has 2 aromatic carbocycles. The lowest BCUT2D eigenvalue weighted by atomic mass is 10.0. The number of benzene rings is 2. The molecular weight excluding hydrogens is 378 g/mol. The fourth-order valence-corrected chi connectivity index (χ4v) is 3.33. The molecule has 3 nitrogen and oxygen atoms in total. The standard InChI is InChI=1S/C18H19BrClNO2/c1-2-21-16-8-9-22-17-10-13(6-7-14(16)17)23-11-12-4-3-5-15(19)18(12)20/h3-7,10,16,21H,2,8-9,11H2,1H3. The Balaban J connectivity index is 1.73. The molecule has 1 atom stereocenters. The molecule has 1 unspecified atom stereocenters. The summed E-state index contributed by atoms with van der Waals surface area (Å²) in [6, 6.07) is 12.2. The Hall–Kier alpha value is -1.23. The minimum atomic E-state index is 0.359. The van der Waals surface area contributed by atoms with Crippen LogP contribution >= 0.6 is 27.5 Å². The van der Waals surface area contributed by atoms with Crippen molar-refractivity contribution >= 4 is 27.5 Å². The van der Waals surface area contributed by atoms with E-state index in [-0.39, 0.29) is 0 Å². The van der Waals surface area contributed by atoms with Gasteiger partial charge in [0.05, 0.1) is 11.6 Å². The third kappa shape index (κ3) is 3.82. The molecule has 0 bridgehead atoms. The zero-order chi connectivity index (χ0) is 16.2. The van der Waals surface area contributed by atoms with Gasteiger partial charge in [0.2, 0.25) is 0 Å². The summed E-state index contributed by atoms with van der Waals surface area (Å²) in [7, 11) is 0. The summed E-state index contributed by atoms with van der Waals surface area (Å²) >= 11 is 9.70. The first-order valence-corrected chi connectivity index (χ1v) is 8.92. The second-order valence-corrected chi connectivity index (χ2v) is 6.68. The fourth-order valence-electron chi connectivity index (χ4n) is 2.74. The first-order chi connectivity index (χ1) is 11.2. The average Bonchev–Trinajstić information content (AvgIpc) is 2.56. The normalized spacial score (nSPS) is 16.6. The van der Waals surface area contributed by atoms with Crippen LogP contribution in [0, 0.1) is 0 Å². The van der Waals surface area contributed by atoms with E-state index in [0.717, 1.165) is 41.1 Å². The van der Waals surface area contributed by atoms with Gasteiger partial charge in [-0.2, -0.15) is 0 Å². The summed E-state index contributed by atoms with van der Waals surface area (Å²) < 4.78 is 12.5. The smallest absolute Gasteiger partial charge is 0.127 e. The molecule has 1 aliphatic rings. The summed E-state index contributed by atoms with van der Waals surface area (Å²) in [6.45, 7) is 4.22. The van der Waals surface area contributed by atoms with Gasteiger partial charge in [-0.15, -0.1) is 0 Å². The first-order valence-electron chi connectivity index (χ1n) is 7.75. The molecule has 0 spiro atoms. The summed E-state index contributed by atoms with van der Waals surface area (Å²) in [4.78, 5) is 0. The van der Waals surface area contributed by atoms with Crippen LogP contribution in [0.2, 0.25) is 5.02 Å². The maximum Gasteiger partial charge on any atom is 0.127 e. The van der Waals surface area contributed by atoms with Gasteiger partial charge in [0.25, 0.3) is 0 Å². The van der Waals surface area contributed by atoms with Crippen LogP contribution in [0.5, 0.6) is 11.5 Å². The Kier molecular flexibility index (Phi) is 5.46. The van der Waals surface area contributed by atoms with Crippen LogP contribution in [0.25, 0.3) is 0 Å². The fraction of sp³-hybridized carbons (Fsp3) is 0.333. The molecule has 122 valence electrons. The third-order valence-electron chi connectivity index (χ3n) is 3.90. The molecule has 3 rings (SSSR count). The molecule has 0 amide bonds. The molecule has 0 radical (unpaired) electrons. The minimum Gasteiger partial charge on any atom is -0.493 e. The van der Waals surface area contributed by atoms with Crippen LogP contribution in [0.1, 0.15) is 30.5 Å². The van der Waals surface area contributed by atoms with Gasteiger partial charge < -0.3 is 14.8 Å². The molecule has 0 saturated heterocycles. The van der Waals surface area contributed by atoms with Crippen molar-refractivity contribution in [2.24, 2.45) is 0 Å². The average molecular weight is 397 g/mol. The lowest BCUT2D eigenvalue weighted by Crippen LogP contribution is -2.26. The van der Waals surface area contributed by atoms with Gasteiger partial charge in [-0.25, -0.2) is 0 Å². The molecule has 5 heteroatoms. The van der Waals surface area contributed by atoms with Crippen LogP contribution in [-0.4, -0.2) is 13.2 Å². The summed E-state index contributed by atoms with van der Waals surface area (Å²) in [5, 5.41) is 4.18. The van der Waals surface area contributed by atoms with Gasteiger partial charge >= 0.3 is 0 Å². The van der Waals surface area contributed by atoms with Crippen LogP contribution < -0.4 is 14.8 Å². The van der Waals surface area contributed by atoms with Crippen LogP contribution in [0.3, 0.4) is 0 Å². The molecular formula is C18H19BrClNO2. The molecule has 0 aliphatic carbocycles. The maximum atomic E-state index is 6.27. The number of halogens is 2. The SMILES string of the molecule is CCNC1CCOc2cc(OCc3cccc(Br)c3Cl)ccc21. The second-order valence-electron chi connectivity index (χ2n) is 5.45. The van der Waals surface area contributed by atoms with Crippen molar-refractivity contribution in [3.05, 3.63) is 57.0 Å². The number of fused-ring (bicyclic) bond motifs is 1. The number of nitrogens with one attached hydrogen (secondary N) is 1. The van der Waals surface area contributed by atoms with Gasteiger partial charge in [0, 0.05) is 34.1 Å². The molecule has 23 heavy (non-hydrogen) atoms. The van der Waals surface area contributed by atoms with Gasteiger partial charge in [0.1, 0.15) is 18.1 Å². The third-order valence-corrected chi connectivity index (χ3v) is 5.24. The van der Waals surface area contributed by atoms with Crippen LogP contribution in [0.15, 0.2) is 40.9 Å². The van der Waals surface area contributed by atoms with Gasteiger partial charge in [-0.3, -0.25) is 0 Å². The number of rotatable bonds is 5. The molecule has 0 fully saturated rings. The highest BCUT2D eigenvalue weighted by Crippen LogP contribution is 2.35. The van der Waals surface area contributed by atoms with E-state index in [1.807, 2.05) is 30.3 Å². The minimum absolute atomic E-state index is 0.359. The van der Waals surface area contributed by atoms with Crippen molar-refractivity contribution in [1.29, 1.82) is 0 Å². The lowest BCUT2D eigenvalue weighted by Gasteiger charge is -2.26. The predicted octanol–water partition coefficient (Wildman–Crippen LogP) is 5.11. The molecule has 1 heterocycles. The zero-order valence-corrected chi connectivity index (χ0v) is 15.3. The van der Waals surface area contributed by atoms with Crippen molar-refractivity contribution in [1.82, 2.24) is 5.32 Å². The predicted molar refractivity (Wildman–Crippen MR) is 96.5 cm³/mol. The van der Waals surface area contributed by atoms with E-state index in [1.165, 1.54) is 5.56 Å². The molecule has 0 saturated carbocycles. The van der Waals surface area contributed by atoms with E-state index in [9.17, 15) is 0 Å². The van der Waals surface area contributed by atoms with Crippen molar-refractivity contribution in [3.8, 4) is 11.5 Å². The van der Waals surface area contributed by atoms with E-state index >= 15 is 0 Å². The number of hydrogen-bond acceptors (Lipinski definition) is 3. The van der Waals surface area contributed by atoms with E-state index in [0.29, 0.717) is 17.7 Å². The van der Waals surface area contributed by atoms with Gasteiger partial charge in [-0.05, 0) is 34.6 Å². The highest BCUT2D eigenvalue weighted by molar-refractivity contribution is 9.10. The number of hydrogen-bond donors (Lipinski definition) is 1. The molecule has 1 aliphatic heterocycles. The Morgan fingerprint density at radius 1 is 1.35 bits per heavy atom. The van der Waals surface area contributed by atoms with Crippen molar-refractivity contribution in [3.63, 3.8) is 0 Å². The first kappa shape index (κ1) is 16.6. The summed E-state index contributed by atoms with van der Waals surface area (Å²) in [5.74, 6) is 1.69. The lowest BCUT2D eigenvalue weighted by molar-refractivity contribution is 0.249. The van der Waals surface area contributed by atoms with E-state index in [2.05, 4.69) is 34.2 Å². The molecule has 1 N–H and O–H groups in total. The van der Waals surface area contributed by atoms with Crippen molar-refractivity contribution in [2.45, 2.75) is 26.0 Å². The Morgan fingerprint density at radius 2 is 2.22 bits per heavy atom. The van der Waals surface area contributed by atoms with Gasteiger partial charge in [-0.1, -0.05) is 36.7 Å². The maximum absolute atomic E-state index is 6.27. The zero-order valence-electron chi connectivity index (χ0n) is 12.9. The van der Waals surface area contributed by atoms with Gasteiger partial charge in [0.15, 0.2) is 0 Å². The monoisotopic (exact) mass is 395 g/mol. The summed E-state index contributed by atoms with van der Waals surface area (Å²) in [5.41, 5.74) is 2.15. The highest BCUT2D eigenvalue weighted by atomic mass is 79.9. The van der Waals surface area contributed by atoms with Crippen LogP contribution in [0.4, 0.5) is 0 Å². The molecule has 2 aromatic rings. The Labute approximate surface area is 150 Å². The Bertz CT molecular complexity index is 693. The largest absolute Gasteiger partial charge is 0.493 e. The van der Waals surface area contributed by atoms with Crippen molar-refractivity contribution < 1.29 is 9.47 Å². The Morgan fingerprint density at radius 3 is 3.04 bits per heavy atom. The van der Waals surface area contributed by atoms with E-state index < -0.39 is 0 Å². The quantitative estimate of drug-likeness (QED) is 0.761. The van der Waals surface area contributed by atoms with Crippen molar-refractivity contribution in [2.75, 3.05) is 13.2 Å². The number of ether oxygens (including phenoxy) is 2. The summed E-state index contributed by atoms with van der Waals surface area (Å²) in [6.07, 6.45) is 0.995. The highest BCUT2D eigenvalue weighted by Gasteiger charge is 2.21.